The molecule has 0 unspecified atom stereocenters. The average Bonchev–Trinajstić information content (AvgIpc) is 3.25. The van der Waals surface area contributed by atoms with Crippen LogP contribution < -0.4 is 10.1 Å². The predicted octanol–water partition coefficient (Wildman–Crippen LogP) is 2.84. The van der Waals surface area contributed by atoms with Crippen LogP contribution in [-0.4, -0.2) is 24.5 Å². The fraction of sp³-hybridized carbons (Fsp3) is 0.200. The third-order valence-electron chi connectivity index (χ3n) is 4.76. The molecule has 1 aromatic carbocycles. The van der Waals surface area contributed by atoms with E-state index >= 15 is 0 Å². The van der Waals surface area contributed by atoms with Gasteiger partial charge in [-0.15, -0.1) is 10.2 Å². The highest BCUT2D eigenvalue weighted by Crippen LogP contribution is 2.37. The standard InChI is InChI=1S/C20H20N7/c1-25-13-17(12-22-25)15-7-9-26(10-8-15)24-18-4-2-3-16(11-18)20-23-21-14-27(20)19-5-6-19/h2-4,7-14,19,24H,5-6H2,1H3/q+1. The third kappa shape index (κ3) is 3.19. The van der Waals surface area contributed by atoms with Gasteiger partial charge in [-0.1, -0.05) is 16.8 Å². The smallest absolute Gasteiger partial charge is 0.200 e. The van der Waals surface area contributed by atoms with Crippen LogP contribution in [0.3, 0.4) is 0 Å². The average molecular weight is 358 g/mol. The van der Waals surface area contributed by atoms with E-state index in [9.17, 15) is 0 Å². The van der Waals surface area contributed by atoms with Crippen molar-refractivity contribution in [1.82, 2.24) is 24.5 Å². The van der Waals surface area contributed by atoms with Gasteiger partial charge in [-0.3, -0.25) is 4.68 Å². The fourth-order valence-corrected chi connectivity index (χ4v) is 3.21. The Kier molecular flexibility index (Phi) is 3.71. The van der Waals surface area contributed by atoms with Gasteiger partial charge < -0.3 is 4.57 Å². The molecule has 7 heteroatoms. The highest BCUT2D eigenvalue weighted by molar-refractivity contribution is 5.62. The van der Waals surface area contributed by atoms with E-state index in [1.54, 1.807) is 4.68 Å². The molecule has 0 aliphatic heterocycles. The van der Waals surface area contributed by atoms with Crippen LogP contribution in [0.25, 0.3) is 22.5 Å². The molecule has 1 aliphatic rings. The number of anilines is 1. The van der Waals surface area contributed by atoms with Crippen LogP contribution in [0.1, 0.15) is 18.9 Å². The van der Waals surface area contributed by atoms with E-state index in [-0.39, 0.29) is 0 Å². The van der Waals surface area contributed by atoms with Crippen LogP contribution in [0.4, 0.5) is 5.69 Å². The molecule has 0 saturated heterocycles. The molecule has 5 rings (SSSR count). The Morgan fingerprint density at radius 3 is 2.67 bits per heavy atom. The molecule has 3 aromatic heterocycles. The summed E-state index contributed by atoms with van der Waals surface area (Å²) >= 11 is 0. The van der Waals surface area contributed by atoms with Gasteiger partial charge in [-0.2, -0.15) is 10.5 Å². The van der Waals surface area contributed by atoms with Crippen LogP contribution in [0.2, 0.25) is 0 Å². The maximum atomic E-state index is 4.31. The van der Waals surface area contributed by atoms with Crippen molar-refractivity contribution >= 4 is 5.69 Å². The number of pyridine rings is 1. The van der Waals surface area contributed by atoms with Crippen molar-refractivity contribution in [3.63, 3.8) is 0 Å². The molecule has 27 heavy (non-hydrogen) atoms. The molecule has 0 radical (unpaired) electrons. The highest BCUT2D eigenvalue weighted by Gasteiger charge is 2.26. The summed E-state index contributed by atoms with van der Waals surface area (Å²) in [4.78, 5) is 0. The summed E-state index contributed by atoms with van der Waals surface area (Å²) in [6.07, 6.45) is 12.1. The first-order valence-corrected chi connectivity index (χ1v) is 9.03. The number of benzene rings is 1. The first-order valence-electron chi connectivity index (χ1n) is 9.03. The lowest BCUT2D eigenvalue weighted by Gasteiger charge is -2.06. The number of hydrogen-bond acceptors (Lipinski definition) is 4. The minimum absolute atomic E-state index is 0.556. The van der Waals surface area contributed by atoms with Crippen LogP contribution in [0.5, 0.6) is 0 Å². The summed E-state index contributed by atoms with van der Waals surface area (Å²) in [5.74, 6) is 0.929. The minimum atomic E-state index is 0.556. The normalized spacial score (nSPS) is 13.7. The highest BCUT2D eigenvalue weighted by atomic mass is 15.4. The maximum Gasteiger partial charge on any atom is 0.200 e. The molecule has 134 valence electrons. The van der Waals surface area contributed by atoms with Crippen LogP contribution in [0, 0.1) is 0 Å². The second kappa shape index (κ2) is 6.35. The lowest BCUT2D eigenvalue weighted by Crippen LogP contribution is -2.41. The molecule has 1 aliphatic carbocycles. The van der Waals surface area contributed by atoms with Crippen molar-refractivity contribution in [3.05, 3.63) is 67.5 Å². The summed E-state index contributed by atoms with van der Waals surface area (Å²) in [7, 11) is 1.92. The van der Waals surface area contributed by atoms with Gasteiger partial charge in [0.2, 0.25) is 0 Å². The van der Waals surface area contributed by atoms with E-state index in [1.165, 1.54) is 12.8 Å². The Morgan fingerprint density at radius 1 is 1.07 bits per heavy atom. The first-order chi connectivity index (χ1) is 13.3. The van der Waals surface area contributed by atoms with Crippen molar-refractivity contribution < 1.29 is 4.68 Å². The largest absolute Gasteiger partial charge is 0.310 e. The van der Waals surface area contributed by atoms with Gasteiger partial charge >= 0.3 is 0 Å². The van der Waals surface area contributed by atoms with Gasteiger partial charge in [0.1, 0.15) is 6.33 Å². The molecule has 4 aromatic rings. The van der Waals surface area contributed by atoms with Crippen LogP contribution >= 0.6 is 0 Å². The van der Waals surface area contributed by atoms with Gasteiger partial charge in [0.15, 0.2) is 18.2 Å². The Hall–Kier alpha value is -3.48. The summed E-state index contributed by atoms with van der Waals surface area (Å²) in [6.45, 7) is 0. The second-order valence-electron chi connectivity index (χ2n) is 6.88. The summed E-state index contributed by atoms with van der Waals surface area (Å²) < 4.78 is 5.92. The Bertz CT molecular complexity index is 1070. The fourth-order valence-electron chi connectivity index (χ4n) is 3.21. The molecule has 3 heterocycles. The van der Waals surface area contributed by atoms with Crippen LogP contribution in [0.15, 0.2) is 67.5 Å². The molecule has 0 amide bonds. The second-order valence-corrected chi connectivity index (χ2v) is 6.88. The number of aromatic nitrogens is 6. The number of hydrogen-bond donors (Lipinski definition) is 1. The van der Waals surface area contributed by atoms with E-state index in [0.717, 1.165) is 28.2 Å². The number of nitrogens with one attached hydrogen (secondary N) is 1. The van der Waals surface area contributed by atoms with E-state index in [0.29, 0.717) is 6.04 Å². The Labute approximate surface area is 156 Å². The van der Waals surface area contributed by atoms with Gasteiger partial charge in [-0.05, 0) is 30.5 Å². The van der Waals surface area contributed by atoms with Crippen molar-refractivity contribution in [3.8, 4) is 22.5 Å². The van der Waals surface area contributed by atoms with E-state index in [2.05, 4.69) is 49.6 Å². The SMILES string of the molecule is Cn1cc(-c2cc[n+](Nc3cccc(-c4nncn4C4CC4)c3)cc2)cn1. The quantitative estimate of drug-likeness (QED) is 0.557. The number of rotatable bonds is 5. The molecule has 0 bridgehead atoms. The number of nitrogens with zero attached hydrogens (tertiary/aromatic N) is 6. The van der Waals surface area contributed by atoms with Gasteiger partial charge in [0.05, 0.1) is 11.9 Å². The van der Waals surface area contributed by atoms with Crippen LogP contribution in [-0.2, 0) is 7.05 Å². The van der Waals surface area contributed by atoms with Gasteiger partial charge in [0.25, 0.3) is 0 Å². The molecular formula is C20H20N7+. The summed E-state index contributed by atoms with van der Waals surface area (Å²) in [5, 5.41) is 12.6. The summed E-state index contributed by atoms with van der Waals surface area (Å²) in [5.41, 5.74) is 7.69. The molecule has 7 nitrogen and oxygen atoms in total. The van der Waals surface area contributed by atoms with Crippen molar-refractivity contribution in [1.29, 1.82) is 0 Å². The minimum Gasteiger partial charge on any atom is -0.310 e. The molecular weight excluding hydrogens is 338 g/mol. The number of aryl methyl sites for hydroxylation is 1. The molecule has 1 N–H and O–H groups in total. The van der Waals surface area contributed by atoms with Crippen molar-refractivity contribution in [2.24, 2.45) is 7.05 Å². The summed E-state index contributed by atoms with van der Waals surface area (Å²) in [6, 6.07) is 12.9. The Balaban J connectivity index is 1.37. The molecule has 1 saturated carbocycles. The topological polar surface area (TPSA) is 64.4 Å². The van der Waals surface area contributed by atoms with Crippen molar-refractivity contribution in [2.45, 2.75) is 18.9 Å². The zero-order chi connectivity index (χ0) is 18.2. The monoisotopic (exact) mass is 358 g/mol. The lowest BCUT2D eigenvalue weighted by atomic mass is 10.1. The molecule has 0 atom stereocenters. The van der Waals surface area contributed by atoms with E-state index in [1.807, 2.05) is 55.0 Å². The van der Waals surface area contributed by atoms with Crippen molar-refractivity contribution in [2.75, 3.05) is 5.43 Å². The molecule has 0 spiro atoms. The Morgan fingerprint density at radius 2 is 1.93 bits per heavy atom. The van der Waals surface area contributed by atoms with Gasteiger partial charge in [-0.25, -0.2) is 0 Å². The van der Waals surface area contributed by atoms with Gasteiger partial charge in [0, 0.05) is 42.5 Å². The predicted molar refractivity (Wildman–Crippen MR) is 102 cm³/mol. The maximum absolute atomic E-state index is 4.31. The zero-order valence-electron chi connectivity index (χ0n) is 15.0. The van der Waals surface area contributed by atoms with E-state index in [4.69, 9.17) is 0 Å². The van der Waals surface area contributed by atoms with E-state index < -0.39 is 0 Å². The lowest BCUT2D eigenvalue weighted by molar-refractivity contribution is -0.642. The first kappa shape index (κ1) is 15.7. The molecule has 1 fully saturated rings. The third-order valence-corrected chi connectivity index (χ3v) is 4.76. The zero-order valence-corrected chi connectivity index (χ0v) is 15.0.